The number of nitrogens with two attached hydrogens (primary N) is 1. The maximum absolute atomic E-state index is 5.46. The summed E-state index contributed by atoms with van der Waals surface area (Å²) in [6, 6.07) is 8.07. The molecule has 88 valence electrons. The van der Waals surface area contributed by atoms with Gasteiger partial charge in [-0.1, -0.05) is 29.4 Å². The first kappa shape index (κ1) is 10.4. The molecule has 0 saturated carbocycles. The maximum Gasteiger partial charge on any atom is 0.240 e. The van der Waals surface area contributed by atoms with E-state index in [1.54, 1.807) is 0 Å². The first-order valence-electron chi connectivity index (χ1n) is 5.58. The Morgan fingerprint density at radius 3 is 2.76 bits per heavy atom. The van der Waals surface area contributed by atoms with Crippen LogP contribution < -0.4 is 5.73 Å². The van der Waals surface area contributed by atoms with E-state index in [9.17, 15) is 0 Å². The maximum atomic E-state index is 5.46. The van der Waals surface area contributed by atoms with Gasteiger partial charge in [0.15, 0.2) is 0 Å². The molecule has 1 aromatic heterocycles. The zero-order valence-electron chi connectivity index (χ0n) is 9.30. The molecule has 0 atom stereocenters. The molecule has 2 heterocycles. The van der Waals surface area contributed by atoms with Gasteiger partial charge in [-0.2, -0.15) is 4.98 Å². The number of rotatable bonds is 3. The molecule has 3 rings (SSSR count). The molecule has 0 bridgehead atoms. The number of hydrogen-bond acceptors (Lipinski definition) is 5. The number of hydrogen-bond donors (Lipinski definition) is 1. The minimum Gasteiger partial charge on any atom is -0.380 e. The van der Waals surface area contributed by atoms with E-state index >= 15 is 0 Å². The molecule has 1 saturated heterocycles. The highest BCUT2D eigenvalue weighted by Gasteiger charge is 2.24. The Hall–Kier alpha value is -1.72. The molecule has 0 aliphatic carbocycles. The van der Waals surface area contributed by atoms with Gasteiger partial charge >= 0.3 is 0 Å². The molecule has 0 amide bonds. The molecule has 1 fully saturated rings. The summed E-state index contributed by atoms with van der Waals surface area (Å²) < 4.78 is 10.3. The predicted molar refractivity (Wildman–Crippen MR) is 61.2 cm³/mol. The molecule has 2 N–H and O–H groups in total. The van der Waals surface area contributed by atoms with Crippen LogP contribution in [0.4, 0.5) is 0 Å². The highest BCUT2D eigenvalue weighted by Crippen LogP contribution is 2.31. The van der Waals surface area contributed by atoms with Crippen molar-refractivity contribution < 1.29 is 9.26 Å². The van der Waals surface area contributed by atoms with Gasteiger partial charge in [0.2, 0.25) is 11.7 Å². The standard InChI is InChI=1S/C12H13N3O2/c13-5-11-14-12(15-17-11)10-4-2-1-3-9(10)8-6-16-7-8/h1-4,8H,5-7,13H2. The van der Waals surface area contributed by atoms with E-state index in [-0.39, 0.29) is 6.54 Å². The lowest BCUT2D eigenvalue weighted by Crippen LogP contribution is -2.25. The zero-order valence-corrected chi connectivity index (χ0v) is 9.30. The van der Waals surface area contributed by atoms with Gasteiger partial charge in [-0.3, -0.25) is 0 Å². The van der Waals surface area contributed by atoms with Crippen molar-refractivity contribution >= 4 is 0 Å². The summed E-state index contributed by atoms with van der Waals surface area (Å²) in [5.41, 5.74) is 7.68. The lowest BCUT2D eigenvalue weighted by molar-refractivity contribution is 0.00862. The third-order valence-corrected chi connectivity index (χ3v) is 2.92. The molecule has 2 aromatic rings. The number of aromatic nitrogens is 2. The van der Waals surface area contributed by atoms with E-state index in [2.05, 4.69) is 16.2 Å². The Balaban J connectivity index is 2.01. The highest BCUT2D eigenvalue weighted by atomic mass is 16.5. The topological polar surface area (TPSA) is 74.2 Å². The van der Waals surface area contributed by atoms with Crippen LogP contribution in [-0.4, -0.2) is 23.4 Å². The minimum absolute atomic E-state index is 0.266. The molecular formula is C12H13N3O2. The lowest BCUT2D eigenvalue weighted by atomic mass is 9.92. The van der Waals surface area contributed by atoms with Gasteiger partial charge in [0.1, 0.15) is 0 Å². The Kier molecular flexibility index (Phi) is 2.62. The predicted octanol–water partition coefficient (Wildman–Crippen LogP) is 1.31. The Morgan fingerprint density at radius 2 is 2.12 bits per heavy atom. The van der Waals surface area contributed by atoms with E-state index in [0.29, 0.717) is 17.6 Å². The molecule has 0 spiro atoms. The van der Waals surface area contributed by atoms with Gasteiger partial charge < -0.3 is 15.0 Å². The van der Waals surface area contributed by atoms with Crippen molar-refractivity contribution in [1.82, 2.24) is 10.1 Å². The summed E-state index contributed by atoms with van der Waals surface area (Å²) in [6.45, 7) is 1.79. The average Bonchev–Trinajstić information content (AvgIpc) is 2.76. The first-order valence-corrected chi connectivity index (χ1v) is 5.58. The number of ether oxygens (including phenoxy) is 1. The fourth-order valence-electron chi connectivity index (χ4n) is 1.92. The summed E-state index contributed by atoms with van der Waals surface area (Å²) in [6.07, 6.45) is 0. The first-order chi connectivity index (χ1) is 8.38. The van der Waals surface area contributed by atoms with Crippen LogP contribution in [0.3, 0.4) is 0 Å². The van der Waals surface area contributed by atoms with Crippen molar-refractivity contribution in [2.24, 2.45) is 5.73 Å². The largest absolute Gasteiger partial charge is 0.380 e. The van der Waals surface area contributed by atoms with Gasteiger partial charge in [0, 0.05) is 11.5 Å². The second kappa shape index (κ2) is 4.27. The van der Waals surface area contributed by atoms with Gasteiger partial charge in [-0.15, -0.1) is 0 Å². The molecule has 17 heavy (non-hydrogen) atoms. The fourth-order valence-corrected chi connectivity index (χ4v) is 1.92. The van der Waals surface area contributed by atoms with E-state index in [1.807, 2.05) is 18.2 Å². The molecule has 1 aliphatic rings. The second-order valence-electron chi connectivity index (χ2n) is 4.04. The fraction of sp³-hybridized carbons (Fsp3) is 0.333. The van der Waals surface area contributed by atoms with Crippen molar-refractivity contribution in [3.63, 3.8) is 0 Å². The van der Waals surface area contributed by atoms with Crippen LogP contribution in [0.25, 0.3) is 11.4 Å². The normalized spacial score (nSPS) is 15.8. The number of benzene rings is 1. The summed E-state index contributed by atoms with van der Waals surface area (Å²) in [5, 5.41) is 3.95. The Bertz CT molecular complexity index is 520. The highest BCUT2D eigenvalue weighted by molar-refractivity contribution is 5.61. The quantitative estimate of drug-likeness (QED) is 0.862. The molecular weight excluding hydrogens is 218 g/mol. The molecule has 1 aromatic carbocycles. The summed E-state index contributed by atoms with van der Waals surface area (Å²) >= 11 is 0. The molecule has 5 heteroatoms. The third kappa shape index (κ3) is 1.83. The summed E-state index contributed by atoms with van der Waals surface area (Å²) in [5.74, 6) is 1.50. The molecule has 0 radical (unpaired) electrons. The van der Waals surface area contributed by atoms with Gasteiger partial charge in [-0.25, -0.2) is 0 Å². The van der Waals surface area contributed by atoms with Crippen LogP contribution in [0, 0.1) is 0 Å². The van der Waals surface area contributed by atoms with Crippen molar-refractivity contribution in [1.29, 1.82) is 0 Å². The van der Waals surface area contributed by atoms with Crippen LogP contribution >= 0.6 is 0 Å². The SMILES string of the molecule is NCc1nc(-c2ccccc2C2COC2)no1. The van der Waals surface area contributed by atoms with Crippen LogP contribution in [0.1, 0.15) is 17.4 Å². The van der Waals surface area contributed by atoms with E-state index in [0.717, 1.165) is 18.8 Å². The molecule has 1 aliphatic heterocycles. The Morgan fingerprint density at radius 1 is 1.29 bits per heavy atom. The van der Waals surface area contributed by atoms with Gasteiger partial charge in [0.05, 0.1) is 19.8 Å². The zero-order chi connectivity index (χ0) is 11.7. The van der Waals surface area contributed by atoms with Crippen LogP contribution in [0.2, 0.25) is 0 Å². The van der Waals surface area contributed by atoms with Crippen molar-refractivity contribution in [2.45, 2.75) is 12.5 Å². The second-order valence-corrected chi connectivity index (χ2v) is 4.04. The number of nitrogens with zero attached hydrogens (tertiary/aromatic N) is 2. The van der Waals surface area contributed by atoms with Crippen LogP contribution in [0.15, 0.2) is 28.8 Å². The van der Waals surface area contributed by atoms with Crippen molar-refractivity contribution in [3.05, 3.63) is 35.7 Å². The van der Waals surface area contributed by atoms with E-state index < -0.39 is 0 Å². The summed E-state index contributed by atoms with van der Waals surface area (Å²) in [7, 11) is 0. The van der Waals surface area contributed by atoms with Crippen molar-refractivity contribution in [3.8, 4) is 11.4 Å². The van der Waals surface area contributed by atoms with Gasteiger partial charge in [0.25, 0.3) is 0 Å². The molecule has 5 nitrogen and oxygen atoms in total. The lowest BCUT2D eigenvalue weighted by Gasteiger charge is -2.27. The van der Waals surface area contributed by atoms with Crippen LogP contribution in [-0.2, 0) is 11.3 Å². The third-order valence-electron chi connectivity index (χ3n) is 2.92. The Labute approximate surface area is 98.6 Å². The van der Waals surface area contributed by atoms with E-state index in [4.69, 9.17) is 15.0 Å². The average molecular weight is 231 g/mol. The minimum atomic E-state index is 0.266. The van der Waals surface area contributed by atoms with Crippen LogP contribution in [0.5, 0.6) is 0 Å². The van der Waals surface area contributed by atoms with Gasteiger partial charge in [-0.05, 0) is 5.56 Å². The molecule has 0 unspecified atom stereocenters. The monoisotopic (exact) mass is 231 g/mol. The van der Waals surface area contributed by atoms with Crippen molar-refractivity contribution in [2.75, 3.05) is 13.2 Å². The van der Waals surface area contributed by atoms with E-state index in [1.165, 1.54) is 5.56 Å². The summed E-state index contributed by atoms with van der Waals surface area (Å²) in [4.78, 5) is 4.26. The smallest absolute Gasteiger partial charge is 0.240 e.